The lowest BCUT2D eigenvalue weighted by Gasteiger charge is -2.36. The fourth-order valence-corrected chi connectivity index (χ4v) is 3.97. The SMILES string of the molecule is CCNC(=NCC(=O)N1CCN(c2ccccc2)CC1)N(C)Cc1csc(C)n1.I. The lowest BCUT2D eigenvalue weighted by Crippen LogP contribution is -2.49. The van der Waals surface area contributed by atoms with Crippen LogP contribution in [-0.2, 0) is 11.3 Å². The maximum Gasteiger partial charge on any atom is 0.244 e. The van der Waals surface area contributed by atoms with E-state index in [1.165, 1.54) is 5.69 Å². The van der Waals surface area contributed by atoms with Crippen molar-refractivity contribution < 1.29 is 4.79 Å². The van der Waals surface area contributed by atoms with Crippen molar-refractivity contribution in [2.75, 3.05) is 51.2 Å². The molecule has 3 rings (SSSR count). The summed E-state index contributed by atoms with van der Waals surface area (Å²) < 4.78 is 0. The number of carbonyl (C=O) groups is 1. The van der Waals surface area contributed by atoms with Crippen LogP contribution in [0.5, 0.6) is 0 Å². The molecule has 0 bridgehead atoms. The molecule has 0 saturated carbocycles. The van der Waals surface area contributed by atoms with Crippen LogP contribution in [-0.4, -0.2) is 73.0 Å². The number of halogens is 1. The van der Waals surface area contributed by atoms with Gasteiger partial charge in [-0.15, -0.1) is 35.3 Å². The smallest absolute Gasteiger partial charge is 0.244 e. The van der Waals surface area contributed by atoms with Crippen molar-refractivity contribution in [2.45, 2.75) is 20.4 Å². The molecule has 1 amide bonds. The van der Waals surface area contributed by atoms with Crippen LogP contribution < -0.4 is 10.2 Å². The Morgan fingerprint density at radius 2 is 1.93 bits per heavy atom. The zero-order chi connectivity index (χ0) is 20.6. The molecular weight excluding hydrogens is 511 g/mol. The van der Waals surface area contributed by atoms with Gasteiger partial charge in [0.2, 0.25) is 5.91 Å². The van der Waals surface area contributed by atoms with Crippen LogP contribution in [0.15, 0.2) is 40.7 Å². The maximum atomic E-state index is 12.7. The second-order valence-electron chi connectivity index (χ2n) is 7.09. The van der Waals surface area contributed by atoms with Gasteiger partial charge in [-0.2, -0.15) is 0 Å². The van der Waals surface area contributed by atoms with E-state index in [0.717, 1.165) is 49.4 Å². The Kier molecular flexibility index (Phi) is 9.83. The Labute approximate surface area is 200 Å². The second-order valence-corrected chi connectivity index (χ2v) is 8.15. The molecule has 164 valence electrons. The highest BCUT2D eigenvalue weighted by Gasteiger charge is 2.21. The number of aromatic nitrogens is 1. The van der Waals surface area contributed by atoms with E-state index in [4.69, 9.17) is 0 Å². The van der Waals surface area contributed by atoms with E-state index in [1.54, 1.807) is 11.3 Å². The number of guanidine groups is 1. The molecule has 0 radical (unpaired) electrons. The molecule has 1 N–H and O–H groups in total. The van der Waals surface area contributed by atoms with Gasteiger partial charge in [0.05, 0.1) is 17.2 Å². The molecule has 1 aromatic heterocycles. The van der Waals surface area contributed by atoms with Gasteiger partial charge in [-0.25, -0.2) is 9.98 Å². The molecule has 9 heteroatoms. The van der Waals surface area contributed by atoms with E-state index >= 15 is 0 Å². The van der Waals surface area contributed by atoms with E-state index in [-0.39, 0.29) is 36.4 Å². The molecule has 1 saturated heterocycles. The number of aryl methyl sites for hydroxylation is 1. The topological polar surface area (TPSA) is 64.1 Å². The van der Waals surface area contributed by atoms with Crippen molar-refractivity contribution in [3.63, 3.8) is 0 Å². The largest absolute Gasteiger partial charge is 0.368 e. The van der Waals surface area contributed by atoms with Crippen molar-refractivity contribution in [3.05, 3.63) is 46.4 Å². The quantitative estimate of drug-likeness (QED) is 0.346. The summed E-state index contributed by atoms with van der Waals surface area (Å²) in [6.07, 6.45) is 0. The molecule has 1 aliphatic heterocycles. The van der Waals surface area contributed by atoms with Crippen LogP contribution in [0.25, 0.3) is 0 Å². The zero-order valence-corrected chi connectivity index (χ0v) is 21.0. The molecule has 7 nitrogen and oxygen atoms in total. The minimum Gasteiger partial charge on any atom is -0.368 e. The van der Waals surface area contributed by atoms with Crippen LogP contribution >= 0.6 is 35.3 Å². The number of carbonyl (C=O) groups excluding carboxylic acids is 1. The van der Waals surface area contributed by atoms with E-state index in [0.29, 0.717) is 6.54 Å². The lowest BCUT2D eigenvalue weighted by molar-refractivity contribution is -0.129. The van der Waals surface area contributed by atoms with Crippen LogP contribution in [0.3, 0.4) is 0 Å². The van der Waals surface area contributed by atoms with Gasteiger partial charge in [0.25, 0.3) is 0 Å². The van der Waals surface area contributed by atoms with Gasteiger partial charge in [-0.3, -0.25) is 4.79 Å². The number of hydrogen-bond acceptors (Lipinski definition) is 5. The summed E-state index contributed by atoms with van der Waals surface area (Å²) in [4.78, 5) is 28.0. The number of thiazole rings is 1. The Morgan fingerprint density at radius 1 is 1.23 bits per heavy atom. The molecule has 0 aliphatic carbocycles. The van der Waals surface area contributed by atoms with Gasteiger partial charge in [0, 0.05) is 50.8 Å². The van der Waals surface area contributed by atoms with Gasteiger partial charge in [0.15, 0.2) is 5.96 Å². The fraction of sp³-hybridized carbons (Fsp3) is 0.476. The summed E-state index contributed by atoms with van der Waals surface area (Å²) in [6.45, 7) is 8.77. The molecule has 30 heavy (non-hydrogen) atoms. The maximum absolute atomic E-state index is 12.7. The number of para-hydroxylation sites is 1. The number of amides is 1. The number of benzene rings is 1. The molecular formula is C21H31IN6OS. The van der Waals surface area contributed by atoms with Crippen LogP contribution in [0.4, 0.5) is 5.69 Å². The van der Waals surface area contributed by atoms with E-state index in [1.807, 2.05) is 48.9 Å². The number of nitrogens with zero attached hydrogens (tertiary/aromatic N) is 5. The van der Waals surface area contributed by atoms with Gasteiger partial charge in [-0.1, -0.05) is 18.2 Å². The summed E-state index contributed by atoms with van der Waals surface area (Å²) >= 11 is 1.64. The number of aliphatic imine (C=N–C) groups is 1. The van der Waals surface area contributed by atoms with Gasteiger partial charge in [0.1, 0.15) is 6.54 Å². The summed E-state index contributed by atoms with van der Waals surface area (Å²) in [5, 5.41) is 6.39. The first-order chi connectivity index (χ1) is 14.1. The van der Waals surface area contributed by atoms with Crippen molar-refractivity contribution in [2.24, 2.45) is 4.99 Å². The highest BCUT2D eigenvalue weighted by molar-refractivity contribution is 14.0. The predicted octanol–water partition coefficient (Wildman–Crippen LogP) is 2.82. The highest BCUT2D eigenvalue weighted by Crippen LogP contribution is 2.15. The molecule has 1 aromatic carbocycles. The monoisotopic (exact) mass is 542 g/mol. The second kappa shape index (κ2) is 12.1. The van der Waals surface area contributed by atoms with Gasteiger partial charge >= 0.3 is 0 Å². The Morgan fingerprint density at radius 3 is 2.53 bits per heavy atom. The standard InChI is InChI=1S/C21H30N6OS.HI/c1-4-22-21(25(3)15-18-16-29-17(2)24-18)23-14-20(28)27-12-10-26(11-13-27)19-8-6-5-7-9-19;/h5-9,16H,4,10-15H2,1-3H3,(H,22,23);1H. The fourth-order valence-electron chi connectivity index (χ4n) is 3.36. The number of nitrogens with one attached hydrogen (secondary N) is 1. The molecule has 2 heterocycles. The van der Waals surface area contributed by atoms with Crippen molar-refractivity contribution in [3.8, 4) is 0 Å². The summed E-state index contributed by atoms with van der Waals surface area (Å²) in [6, 6.07) is 10.4. The minimum atomic E-state index is 0. The average Bonchev–Trinajstić information content (AvgIpc) is 3.16. The summed E-state index contributed by atoms with van der Waals surface area (Å²) in [7, 11) is 1.97. The Balaban J connectivity index is 0.00000320. The molecule has 0 atom stereocenters. The normalized spacial score (nSPS) is 14.3. The van der Waals surface area contributed by atoms with Crippen molar-refractivity contribution in [1.29, 1.82) is 0 Å². The number of hydrogen-bond donors (Lipinski definition) is 1. The molecule has 1 aliphatic rings. The van der Waals surface area contributed by atoms with Crippen molar-refractivity contribution >= 4 is 52.9 Å². The molecule has 0 unspecified atom stereocenters. The summed E-state index contributed by atoms with van der Waals surface area (Å²) in [5.74, 6) is 0.806. The van der Waals surface area contributed by atoms with Crippen LogP contribution in [0, 0.1) is 6.92 Å². The highest BCUT2D eigenvalue weighted by atomic mass is 127. The number of piperazine rings is 1. The third-order valence-corrected chi connectivity index (χ3v) is 5.70. The minimum absolute atomic E-state index is 0. The predicted molar refractivity (Wildman–Crippen MR) is 135 cm³/mol. The first-order valence-corrected chi connectivity index (χ1v) is 10.9. The third-order valence-electron chi connectivity index (χ3n) is 4.88. The number of rotatable bonds is 6. The first-order valence-electron chi connectivity index (χ1n) is 10.0. The average molecular weight is 542 g/mol. The number of anilines is 1. The molecule has 1 fully saturated rings. The van der Waals surface area contributed by atoms with Crippen LogP contribution in [0.2, 0.25) is 0 Å². The molecule has 0 spiro atoms. The third kappa shape index (κ3) is 6.83. The summed E-state index contributed by atoms with van der Waals surface area (Å²) in [5.41, 5.74) is 2.23. The Bertz CT molecular complexity index is 820. The van der Waals surface area contributed by atoms with Gasteiger partial charge < -0.3 is 20.0 Å². The van der Waals surface area contributed by atoms with E-state index in [9.17, 15) is 4.79 Å². The van der Waals surface area contributed by atoms with E-state index in [2.05, 4.69) is 37.7 Å². The lowest BCUT2D eigenvalue weighted by atomic mass is 10.2. The zero-order valence-electron chi connectivity index (χ0n) is 17.9. The Hall–Kier alpha value is -1.88. The first kappa shape index (κ1) is 24.4. The van der Waals surface area contributed by atoms with E-state index < -0.39 is 0 Å². The molecule has 2 aromatic rings. The van der Waals surface area contributed by atoms with Crippen molar-refractivity contribution in [1.82, 2.24) is 20.1 Å². The van der Waals surface area contributed by atoms with Gasteiger partial charge in [-0.05, 0) is 26.0 Å². The van der Waals surface area contributed by atoms with Crippen LogP contribution in [0.1, 0.15) is 17.6 Å².